The van der Waals surface area contributed by atoms with Crippen LogP contribution < -0.4 is 5.73 Å². The fourth-order valence-corrected chi connectivity index (χ4v) is 1.98. The normalized spacial score (nSPS) is 12.1. The van der Waals surface area contributed by atoms with E-state index < -0.39 is 23.5 Å². The van der Waals surface area contributed by atoms with Gasteiger partial charge in [0.25, 0.3) is 0 Å². The maximum atomic E-state index is 12.8. The monoisotopic (exact) mass is 374 g/mol. The molecule has 2 aromatic rings. The molecule has 0 saturated heterocycles. The summed E-state index contributed by atoms with van der Waals surface area (Å²) in [5.41, 5.74) is 2.96. The summed E-state index contributed by atoms with van der Waals surface area (Å²) < 4.78 is 77.7. The highest BCUT2D eigenvalue weighted by Crippen LogP contribution is 2.36. The second-order valence-electron chi connectivity index (χ2n) is 4.86. The molecule has 1 aromatic carbocycles. The van der Waals surface area contributed by atoms with Crippen LogP contribution in [0.2, 0.25) is 0 Å². The first-order chi connectivity index (χ1) is 10.6. The first kappa shape index (κ1) is 20.2. The van der Waals surface area contributed by atoms with Gasteiger partial charge in [-0.3, -0.25) is 0 Å². The van der Waals surface area contributed by atoms with Crippen molar-refractivity contribution in [2.24, 2.45) is 5.73 Å². The summed E-state index contributed by atoms with van der Waals surface area (Å²) in [6, 6.07) is 1.42. The van der Waals surface area contributed by atoms with Gasteiger partial charge in [-0.1, -0.05) is 5.21 Å². The van der Waals surface area contributed by atoms with E-state index in [-0.39, 0.29) is 30.6 Å². The summed E-state index contributed by atoms with van der Waals surface area (Å²) >= 11 is 0. The molecule has 1 aromatic heterocycles. The molecule has 134 valence electrons. The average molecular weight is 375 g/mol. The number of hydrogen-bond acceptors (Lipinski definition) is 3. The lowest BCUT2D eigenvalue weighted by Gasteiger charge is -2.14. The molecule has 0 aliphatic heterocycles. The topological polar surface area (TPSA) is 56.7 Å². The quantitative estimate of drug-likeness (QED) is 0.836. The highest BCUT2D eigenvalue weighted by atomic mass is 35.5. The number of aromatic nitrogens is 3. The van der Waals surface area contributed by atoms with E-state index in [9.17, 15) is 26.3 Å². The first-order valence-corrected chi connectivity index (χ1v) is 6.47. The van der Waals surface area contributed by atoms with Crippen LogP contribution in [0, 0.1) is 0 Å². The van der Waals surface area contributed by atoms with Gasteiger partial charge in [0.15, 0.2) is 0 Å². The fourth-order valence-electron chi connectivity index (χ4n) is 1.98. The van der Waals surface area contributed by atoms with Gasteiger partial charge in [-0.05, 0) is 30.3 Å². The van der Waals surface area contributed by atoms with Gasteiger partial charge < -0.3 is 5.73 Å². The van der Waals surface area contributed by atoms with Crippen molar-refractivity contribution in [3.8, 4) is 0 Å². The minimum atomic E-state index is -4.87. The minimum absolute atomic E-state index is 0. The fraction of sp³-hybridized carbons (Fsp3) is 0.385. The Morgan fingerprint density at radius 3 is 1.96 bits per heavy atom. The zero-order valence-electron chi connectivity index (χ0n) is 12.0. The molecule has 0 aliphatic rings. The van der Waals surface area contributed by atoms with E-state index in [1.807, 2.05) is 0 Å². The maximum absolute atomic E-state index is 12.8. The van der Waals surface area contributed by atoms with E-state index in [4.69, 9.17) is 5.73 Å². The maximum Gasteiger partial charge on any atom is 0.416 e. The predicted molar refractivity (Wildman–Crippen MR) is 75.6 cm³/mol. The lowest BCUT2D eigenvalue weighted by molar-refractivity contribution is -0.143. The largest absolute Gasteiger partial charge is 0.416 e. The molecular weight excluding hydrogens is 362 g/mol. The van der Waals surface area contributed by atoms with Crippen LogP contribution in [0.1, 0.15) is 22.4 Å². The van der Waals surface area contributed by atoms with E-state index in [0.29, 0.717) is 30.8 Å². The Morgan fingerprint density at radius 2 is 1.50 bits per heavy atom. The van der Waals surface area contributed by atoms with Crippen molar-refractivity contribution >= 4 is 12.4 Å². The molecule has 0 unspecified atom stereocenters. The Morgan fingerprint density at radius 1 is 0.958 bits per heavy atom. The van der Waals surface area contributed by atoms with Crippen LogP contribution in [0.4, 0.5) is 26.3 Å². The van der Waals surface area contributed by atoms with Crippen molar-refractivity contribution in [1.82, 2.24) is 15.0 Å². The zero-order chi connectivity index (χ0) is 17.3. The number of nitrogens with zero attached hydrogens (tertiary/aromatic N) is 3. The molecular formula is C13H13ClF6N4. The van der Waals surface area contributed by atoms with E-state index >= 15 is 0 Å². The molecule has 11 heteroatoms. The SMILES string of the molecule is Cl.NCCc1cn(Cc2cc(C(F)(F)F)cc(C(F)(F)F)c2)nn1. The van der Waals surface area contributed by atoms with Crippen molar-refractivity contribution in [2.45, 2.75) is 25.3 Å². The van der Waals surface area contributed by atoms with Crippen molar-refractivity contribution in [1.29, 1.82) is 0 Å². The molecule has 0 radical (unpaired) electrons. The third-order valence-corrected chi connectivity index (χ3v) is 2.98. The first-order valence-electron chi connectivity index (χ1n) is 6.47. The van der Waals surface area contributed by atoms with Crippen LogP contribution in [0.5, 0.6) is 0 Å². The lowest BCUT2D eigenvalue weighted by Crippen LogP contribution is -2.13. The molecule has 1 heterocycles. The van der Waals surface area contributed by atoms with Crippen LogP contribution in [-0.4, -0.2) is 21.5 Å². The minimum Gasteiger partial charge on any atom is -0.330 e. The molecule has 2 rings (SSSR count). The number of alkyl halides is 6. The van der Waals surface area contributed by atoms with Gasteiger partial charge in [-0.15, -0.1) is 17.5 Å². The van der Waals surface area contributed by atoms with Crippen LogP contribution in [-0.2, 0) is 25.3 Å². The highest BCUT2D eigenvalue weighted by molar-refractivity contribution is 5.85. The average Bonchev–Trinajstić information content (AvgIpc) is 2.84. The second-order valence-corrected chi connectivity index (χ2v) is 4.86. The number of hydrogen-bond donors (Lipinski definition) is 1. The molecule has 24 heavy (non-hydrogen) atoms. The lowest BCUT2D eigenvalue weighted by atomic mass is 10.0. The smallest absolute Gasteiger partial charge is 0.330 e. The third kappa shape index (κ3) is 5.10. The molecule has 0 fully saturated rings. The Hall–Kier alpha value is -1.81. The molecule has 0 aliphatic carbocycles. The highest BCUT2D eigenvalue weighted by Gasteiger charge is 2.36. The van der Waals surface area contributed by atoms with Crippen LogP contribution >= 0.6 is 12.4 Å². The van der Waals surface area contributed by atoms with Crippen LogP contribution in [0.25, 0.3) is 0 Å². The van der Waals surface area contributed by atoms with Gasteiger partial charge >= 0.3 is 12.4 Å². The Bertz CT molecular complexity index is 648. The molecule has 0 atom stereocenters. The number of rotatable bonds is 4. The van der Waals surface area contributed by atoms with Gasteiger partial charge in [-0.25, -0.2) is 4.68 Å². The van der Waals surface area contributed by atoms with E-state index in [1.54, 1.807) is 0 Å². The van der Waals surface area contributed by atoms with Gasteiger partial charge in [-0.2, -0.15) is 26.3 Å². The number of halogens is 7. The summed E-state index contributed by atoms with van der Waals surface area (Å²) in [6.45, 7) is 0.0467. The summed E-state index contributed by atoms with van der Waals surface area (Å²) in [5, 5.41) is 7.40. The zero-order valence-corrected chi connectivity index (χ0v) is 12.8. The molecule has 0 saturated carbocycles. The van der Waals surface area contributed by atoms with Gasteiger partial charge in [0.1, 0.15) is 0 Å². The predicted octanol–water partition coefficient (Wildman–Crippen LogP) is 3.29. The Labute approximate surface area is 139 Å². The Balaban J connectivity index is 0.00000288. The molecule has 2 N–H and O–H groups in total. The second kappa shape index (κ2) is 7.39. The number of benzene rings is 1. The van der Waals surface area contributed by atoms with Crippen molar-refractivity contribution in [3.63, 3.8) is 0 Å². The van der Waals surface area contributed by atoms with E-state index in [0.717, 1.165) is 0 Å². The van der Waals surface area contributed by atoms with Crippen molar-refractivity contribution in [2.75, 3.05) is 6.54 Å². The summed E-state index contributed by atoms with van der Waals surface area (Å²) in [7, 11) is 0. The van der Waals surface area contributed by atoms with Crippen LogP contribution in [0.3, 0.4) is 0 Å². The van der Waals surface area contributed by atoms with Crippen LogP contribution in [0.15, 0.2) is 24.4 Å². The standard InChI is InChI=1S/C13H12F6N4.ClH/c14-12(15,16)9-3-8(4-10(5-9)13(17,18)19)6-23-7-11(1-2-20)21-22-23;/h3-5,7H,1-2,6,20H2;1H. The number of nitrogens with two attached hydrogens (primary N) is 1. The Kier molecular flexibility index (Phi) is 6.23. The van der Waals surface area contributed by atoms with E-state index in [1.165, 1.54) is 10.9 Å². The third-order valence-electron chi connectivity index (χ3n) is 2.98. The summed E-state index contributed by atoms with van der Waals surface area (Å²) in [4.78, 5) is 0. The van der Waals surface area contributed by atoms with Gasteiger partial charge in [0, 0.05) is 12.6 Å². The summed E-state index contributed by atoms with van der Waals surface area (Å²) in [5.74, 6) is 0. The van der Waals surface area contributed by atoms with Crippen molar-refractivity contribution in [3.05, 3.63) is 46.8 Å². The molecule has 4 nitrogen and oxygen atoms in total. The molecule has 0 amide bonds. The molecule has 0 spiro atoms. The summed E-state index contributed by atoms with van der Waals surface area (Å²) in [6.07, 6.45) is -7.90. The van der Waals surface area contributed by atoms with Crippen molar-refractivity contribution < 1.29 is 26.3 Å². The van der Waals surface area contributed by atoms with Gasteiger partial charge in [0.05, 0.1) is 23.4 Å². The molecule has 0 bridgehead atoms. The van der Waals surface area contributed by atoms with E-state index in [2.05, 4.69) is 10.3 Å². The van der Waals surface area contributed by atoms with Gasteiger partial charge in [0.2, 0.25) is 0 Å².